The van der Waals surface area contributed by atoms with Crippen molar-refractivity contribution in [3.05, 3.63) is 77.9 Å². The third-order valence-corrected chi connectivity index (χ3v) is 12.8. The van der Waals surface area contributed by atoms with Crippen molar-refractivity contribution in [3.63, 3.8) is 0 Å². The van der Waals surface area contributed by atoms with Gasteiger partial charge in [0.15, 0.2) is 0 Å². The number of allylic oxidation sites excluding steroid dienone is 1. The van der Waals surface area contributed by atoms with Gasteiger partial charge in [0.2, 0.25) is 5.79 Å². The van der Waals surface area contributed by atoms with Crippen LogP contribution in [0, 0.1) is 17.8 Å². The van der Waals surface area contributed by atoms with Gasteiger partial charge >= 0.3 is 6.09 Å². The highest BCUT2D eigenvalue weighted by Crippen LogP contribution is 2.62. The van der Waals surface area contributed by atoms with E-state index in [1.165, 1.54) is 44.9 Å². The van der Waals surface area contributed by atoms with Crippen molar-refractivity contribution in [2.24, 2.45) is 22.9 Å². The van der Waals surface area contributed by atoms with Crippen LogP contribution in [-0.2, 0) is 14.3 Å². The van der Waals surface area contributed by atoms with E-state index < -0.39 is 29.4 Å². The van der Waals surface area contributed by atoms with Crippen molar-refractivity contribution in [2.75, 3.05) is 33.5 Å². The molecule has 1 saturated carbocycles. The summed E-state index contributed by atoms with van der Waals surface area (Å²) in [5, 5.41) is 24.7. The highest BCUT2D eigenvalue weighted by molar-refractivity contribution is 6.03. The lowest BCUT2D eigenvalue weighted by molar-refractivity contribution is -0.253. The zero-order valence-corrected chi connectivity index (χ0v) is 38.9. The van der Waals surface area contributed by atoms with Crippen LogP contribution in [0.4, 0.5) is 4.79 Å². The predicted octanol–water partition coefficient (Wildman–Crippen LogP) is 11.7. The summed E-state index contributed by atoms with van der Waals surface area (Å²) in [7, 11) is 1.76. The maximum Gasteiger partial charge on any atom is 0.409 e. The molecule has 0 spiro atoms. The number of hydrogen-bond donors (Lipinski definition) is 2. The highest BCUT2D eigenvalue weighted by atomic mass is 16.7. The van der Waals surface area contributed by atoms with Gasteiger partial charge in [-0.15, -0.1) is 6.58 Å². The summed E-state index contributed by atoms with van der Waals surface area (Å²) >= 11 is 0. The Balaban J connectivity index is 1.56. The lowest BCUT2D eigenvalue weighted by Crippen LogP contribution is -2.69. The van der Waals surface area contributed by atoms with Gasteiger partial charge in [0, 0.05) is 43.7 Å². The molecule has 1 heterocycles. The number of fused-ring (bicyclic) bond motifs is 2. The van der Waals surface area contributed by atoms with Gasteiger partial charge in [0.1, 0.15) is 35.2 Å². The molecule has 1 aliphatic heterocycles. The monoisotopic (exact) mass is 873 g/mol. The van der Waals surface area contributed by atoms with Crippen molar-refractivity contribution >= 4 is 18.1 Å². The molecular weight excluding hydrogens is 797 g/mol. The van der Waals surface area contributed by atoms with Gasteiger partial charge in [-0.2, -0.15) is 0 Å². The van der Waals surface area contributed by atoms with E-state index in [0.717, 1.165) is 68.1 Å². The van der Waals surface area contributed by atoms with Crippen molar-refractivity contribution < 1.29 is 43.6 Å². The minimum absolute atomic E-state index is 0.0594. The average molecular weight is 873 g/mol. The molecule has 5 rings (SSSR count). The topological polar surface area (TPSA) is 136 Å². The molecule has 2 N–H and O–H groups in total. The largest absolute Gasteiger partial charge is 0.459 e. The van der Waals surface area contributed by atoms with E-state index >= 15 is 0 Å². The van der Waals surface area contributed by atoms with Crippen LogP contribution in [-0.4, -0.2) is 84.1 Å². The molecule has 0 unspecified atom stereocenters. The predicted molar refractivity (Wildman–Crippen MR) is 249 cm³/mol. The zero-order valence-electron chi connectivity index (χ0n) is 38.9. The number of hydrogen-bond acceptors (Lipinski definition) is 10. The molecule has 348 valence electrons. The lowest BCUT2D eigenvalue weighted by Gasteiger charge is -2.59. The molecule has 3 aliphatic rings. The Bertz CT molecular complexity index is 1820. The summed E-state index contributed by atoms with van der Waals surface area (Å²) in [4.78, 5) is 33.7. The molecule has 2 aromatic rings. The van der Waals surface area contributed by atoms with Crippen molar-refractivity contribution in [1.29, 1.82) is 0 Å². The number of ether oxygens (including phenoxy) is 4. The molecule has 0 aromatic heterocycles. The minimum atomic E-state index is -1.38. The summed E-state index contributed by atoms with van der Waals surface area (Å²) in [5.74, 6) is -0.144. The fourth-order valence-electron chi connectivity index (χ4n) is 9.75. The molecule has 0 bridgehead atoms. The van der Waals surface area contributed by atoms with Crippen LogP contribution in [0.5, 0.6) is 17.2 Å². The van der Waals surface area contributed by atoms with Crippen LogP contribution < -0.4 is 9.47 Å². The van der Waals surface area contributed by atoms with E-state index in [0.29, 0.717) is 42.3 Å². The van der Waals surface area contributed by atoms with Gasteiger partial charge in [-0.25, -0.2) is 4.79 Å². The van der Waals surface area contributed by atoms with Gasteiger partial charge in [0.25, 0.3) is 0 Å². The quantitative estimate of drug-likeness (QED) is 0.0389. The van der Waals surface area contributed by atoms with Gasteiger partial charge in [0.05, 0.1) is 24.8 Å². The number of aldehydes is 1. The molecule has 0 radical (unpaired) electrons. The van der Waals surface area contributed by atoms with Crippen molar-refractivity contribution in [1.82, 2.24) is 4.90 Å². The number of likely N-dealkylation sites (N-methyl/N-ethyl adjacent to an activating group) is 1. The minimum Gasteiger partial charge on any atom is -0.459 e. The molecule has 0 saturated heterocycles. The Labute approximate surface area is 377 Å². The number of unbranched alkanes of at least 4 members (excludes halogenated alkanes) is 11. The van der Waals surface area contributed by atoms with Crippen LogP contribution in [0.25, 0.3) is 0 Å². The summed E-state index contributed by atoms with van der Waals surface area (Å²) in [5.41, 5.74) is 2.55. The lowest BCUT2D eigenvalue weighted by atomic mass is 9.55. The smallest absolute Gasteiger partial charge is 0.409 e. The standard InChI is InChI=1S/C52H76N2O9/c1-7-9-10-11-12-13-14-15-16-21-32-59-50(58)54(6)47-36-45(53-63-51(3,4)5)43-34-39(24-17-19-29-55)42(26-18-20-30-56)48-44-35-41(61-40-25-22-23-38(33-40)37-57)27-28-46(44)62-52(47,49(43)48)60-31-8-2/h8,22-23,25,27-28,33-35,37,39,42,47-49,55-56H,2,7,9-21,24,26,29-32,36H2,1,3-6H3/t39-,42+,47-,48+,49+,52+/m0/s1. The Kier molecular flexibility index (Phi) is 19.6. The first-order chi connectivity index (χ1) is 30.5. The maximum atomic E-state index is 14.2. The first kappa shape index (κ1) is 49.8. The summed E-state index contributed by atoms with van der Waals surface area (Å²) in [6, 6.07) is 12.2. The van der Waals surface area contributed by atoms with Gasteiger partial charge in [-0.3, -0.25) is 4.79 Å². The second kappa shape index (κ2) is 24.8. The summed E-state index contributed by atoms with van der Waals surface area (Å²) in [6.07, 6.45) is 21.2. The van der Waals surface area contributed by atoms with E-state index in [-0.39, 0.29) is 44.0 Å². The number of amides is 1. The van der Waals surface area contributed by atoms with Crippen LogP contribution in [0.1, 0.15) is 159 Å². The molecule has 1 fully saturated rings. The van der Waals surface area contributed by atoms with E-state index in [1.54, 1.807) is 36.2 Å². The van der Waals surface area contributed by atoms with E-state index in [4.69, 9.17) is 28.9 Å². The van der Waals surface area contributed by atoms with E-state index in [2.05, 4.69) is 19.6 Å². The maximum absolute atomic E-state index is 14.2. The molecule has 1 amide bonds. The fourth-order valence-corrected chi connectivity index (χ4v) is 9.75. The van der Waals surface area contributed by atoms with Gasteiger partial charge in [-0.05, 0) is 101 Å². The summed E-state index contributed by atoms with van der Waals surface area (Å²) < 4.78 is 26.7. The fraction of sp³-hybridized carbons (Fsp3) is 0.635. The van der Waals surface area contributed by atoms with Crippen LogP contribution in [0.15, 0.2) is 71.9 Å². The number of nitrogens with zero attached hydrogens (tertiary/aromatic N) is 2. The van der Waals surface area contributed by atoms with Crippen LogP contribution in [0.3, 0.4) is 0 Å². The number of carbonyl (C=O) groups is 2. The van der Waals surface area contributed by atoms with Crippen molar-refractivity contribution in [2.45, 2.75) is 160 Å². The number of benzene rings is 2. The van der Waals surface area contributed by atoms with Crippen LogP contribution >= 0.6 is 0 Å². The number of aliphatic hydroxyl groups excluding tert-OH is 2. The highest BCUT2D eigenvalue weighted by Gasteiger charge is 2.65. The molecule has 63 heavy (non-hydrogen) atoms. The van der Waals surface area contributed by atoms with Crippen LogP contribution in [0.2, 0.25) is 0 Å². The molecule has 6 atom stereocenters. The van der Waals surface area contributed by atoms with E-state index in [1.807, 2.05) is 45.0 Å². The molecule has 11 heteroatoms. The average Bonchev–Trinajstić information content (AvgIpc) is 3.27. The Morgan fingerprint density at radius 3 is 2.27 bits per heavy atom. The van der Waals surface area contributed by atoms with Crippen molar-refractivity contribution in [3.8, 4) is 17.2 Å². The van der Waals surface area contributed by atoms with Gasteiger partial charge < -0.3 is 38.9 Å². The number of oxime groups is 1. The SMILES string of the molecule is C=CCO[C@@]12Oc3ccc(Oc4cccc(C=O)c4)cc3[C@H]3[C@H](CCCCO)[C@@H](CCCCO)C=C(C(=NOC(C)(C)C)C[C@@H]1N(C)C(=O)OCCCCCCCCCCCC)[C@H]32. The second-order valence-electron chi connectivity index (χ2n) is 18.7. The Hall–Kier alpha value is -4.19. The third-order valence-electron chi connectivity index (χ3n) is 12.8. The normalized spacial score (nSPS) is 23.2. The second-order valence-corrected chi connectivity index (χ2v) is 18.7. The Morgan fingerprint density at radius 1 is 0.921 bits per heavy atom. The van der Waals surface area contributed by atoms with E-state index in [9.17, 15) is 19.8 Å². The summed E-state index contributed by atoms with van der Waals surface area (Å²) in [6.45, 7) is 12.8. The zero-order chi connectivity index (χ0) is 45.2. The molecule has 2 aliphatic carbocycles. The molecular formula is C52H76N2O9. The van der Waals surface area contributed by atoms with Gasteiger partial charge in [-0.1, -0.05) is 107 Å². The number of carbonyl (C=O) groups excluding carboxylic acids is 2. The Morgan fingerprint density at radius 2 is 1.60 bits per heavy atom. The first-order valence-corrected chi connectivity index (χ1v) is 23.9. The molecule has 2 aromatic carbocycles. The number of aliphatic hydroxyl groups is 2. The number of rotatable bonds is 27. The first-order valence-electron chi connectivity index (χ1n) is 23.9. The molecule has 11 nitrogen and oxygen atoms in total. The third kappa shape index (κ3) is 13.4.